The number of hydrogen-bond donors (Lipinski definition) is 1. The number of aromatic nitrogens is 2. The van der Waals surface area contributed by atoms with Crippen LogP contribution in [0.25, 0.3) is 11.4 Å². The molecule has 0 amide bonds. The van der Waals surface area contributed by atoms with Crippen LogP contribution in [0.1, 0.15) is 30.3 Å². The second-order valence-electron chi connectivity index (χ2n) is 4.80. The number of rotatable bonds is 2. The van der Waals surface area contributed by atoms with Gasteiger partial charge in [-0.1, -0.05) is 21.1 Å². The minimum Gasteiger partial charge on any atom is -0.337 e. The third-order valence-corrected chi connectivity index (χ3v) is 4.02. The van der Waals surface area contributed by atoms with Crippen LogP contribution < -0.4 is 5.32 Å². The fraction of sp³-hybridized carbons (Fsp3) is 0.385. The van der Waals surface area contributed by atoms with Crippen molar-refractivity contribution < 1.29 is 17.7 Å². The zero-order chi connectivity index (χ0) is 15.0. The molecule has 0 bridgehead atoms. The van der Waals surface area contributed by atoms with Crippen LogP contribution in [0.5, 0.6) is 0 Å². The molecule has 21 heavy (non-hydrogen) atoms. The van der Waals surface area contributed by atoms with Crippen LogP contribution >= 0.6 is 15.9 Å². The minimum atomic E-state index is -4.44. The van der Waals surface area contributed by atoms with Crippen molar-refractivity contribution in [2.45, 2.75) is 25.1 Å². The van der Waals surface area contributed by atoms with Crippen LogP contribution in [0.15, 0.2) is 27.2 Å². The molecule has 2 heterocycles. The molecular formula is C13H11BrF3N3O. The Balaban J connectivity index is 1.93. The van der Waals surface area contributed by atoms with Crippen molar-refractivity contribution in [2.75, 3.05) is 6.54 Å². The van der Waals surface area contributed by atoms with Crippen LogP contribution in [-0.4, -0.2) is 16.7 Å². The minimum absolute atomic E-state index is 0.0104. The maximum absolute atomic E-state index is 12.9. The van der Waals surface area contributed by atoms with Gasteiger partial charge in [0.05, 0.1) is 11.6 Å². The largest absolute Gasteiger partial charge is 0.417 e. The van der Waals surface area contributed by atoms with Gasteiger partial charge in [-0.25, -0.2) is 0 Å². The molecule has 1 aliphatic rings. The van der Waals surface area contributed by atoms with Crippen LogP contribution in [0.3, 0.4) is 0 Å². The van der Waals surface area contributed by atoms with Crippen molar-refractivity contribution in [3.63, 3.8) is 0 Å². The molecule has 1 fully saturated rings. The second kappa shape index (κ2) is 5.42. The topological polar surface area (TPSA) is 51.0 Å². The highest BCUT2D eigenvalue weighted by Crippen LogP contribution is 2.37. The van der Waals surface area contributed by atoms with E-state index in [1.807, 2.05) is 0 Å². The molecule has 0 unspecified atom stereocenters. The van der Waals surface area contributed by atoms with Gasteiger partial charge >= 0.3 is 6.18 Å². The van der Waals surface area contributed by atoms with Crippen molar-refractivity contribution in [3.05, 3.63) is 34.1 Å². The molecule has 4 nitrogen and oxygen atoms in total. The molecule has 0 saturated carbocycles. The predicted molar refractivity (Wildman–Crippen MR) is 72.4 cm³/mol. The van der Waals surface area contributed by atoms with Gasteiger partial charge in [-0.2, -0.15) is 18.2 Å². The lowest BCUT2D eigenvalue weighted by molar-refractivity contribution is -0.138. The highest BCUT2D eigenvalue weighted by Gasteiger charge is 2.33. The first-order valence-electron chi connectivity index (χ1n) is 6.39. The van der Waals surface area contributed by atoms with E-state index in [2.05, 4.69) is 31.4 Å². The highest BCUT2D eigenvalue weighted by molar-refractivity contribution is 9.10. The molecule has 8 heteroatoms. The lowest BCUT2D eigenvalue weighted by Crippen LogP contribution is -2.13. The monoisotopic (exact) mass is 361 g/mol. The number of halogens is 4. The van der Waals surface area contributed by atoms with Gasteiger partial charge in [0.25, 0.3) is 0 Å². The van der Waals surface area contributed by atoms with Crippen molar-refractivity contribution in [1.82, 2.24) is 15.5 Å². The zero-order valence-corrected chi connectivity index (χ0v) is 12.3. The van der Waals surface area contributed by atoms with Crippen LogP contribution in [-0.2, 0) is 6.18 Å². The number of nitrogens with one attached hydrogen (secondary N) is 1. The average Bonchev–Trinajstić information content (AvgIpc) is 3.09. The first-order chi connectivity index (χ1) is 9.95. The molecule has 1 aromatic heterocycles. The van der Waals surface area contributed by atoms with Crippen molar-refractivity contribution >= 4 is 15.9 Å². The summed E-state index contributed by atoms with van der Waals surface area (Å²) in [5, 5.41) is 6.97. The van der Waals surface area contributed by atoms with Crippen molar-refractivity contribution in [3.8, 4) is 11.4 Å². The van der Waals surface area contributed by atoms with E-state index in [0.717, 1.165) is 25.5 Å². The smallest absolute Gasteiger partial charge is 0.337 e. The van der Waals surface area contributed by atoms with Gasteiger partial charge in [0.2, 0.25) is 11.7 Å². The van der Waals surface area contributed by atoms with Gasteiger partial charge in [0, 0.05) is 10.0 Å². The molecule has 2 aromatic rings. The molecule has 112 valence electrons. The molecule has 1 N–H and O–H groups in total. The lowest BCUT2D eigenvalue weighted by Gasteiger charge is -2.09. The van der Waals surface area contributed by atoms with E-state index in [4.69, 9.17) is 4.52 Å². The fourth-order valence-electron chi connectivity index (χ4n) is 2.27. The van der Waals surface area contributed by atoms with Crippen molar-refractivity contribution in [2.24, 2.45) is 0 Å². The molecule has 3 rings (SSSR count). The highest BCUT2D eigenvalue weighted by atomic mass is 79.9. The Morgan fingerprint density at radius 2 is 2.14 bits per heavy atom. The molecule has 0 aliphatic carbocycles. The van der Waals surface area contributed by atoms with Gasteiger partial charge in [0.1, 0.15) is 0 Å². The van der Waals surface area contributed by atoms with Crippen LogP contribution in [0.4, 0.5) is 13.2 Å². The molecule has 0 spiro atoms. The summed E-state index contributed by atoms with van der Waals surface area (Å²) < 4.78 is 43.8. The number of benzene rings is 1. The van der Waals surface area contributed by atoms with E-state index in [0.29, 0.717) is 5.89 Å². The van der Waals surface area contributed by atoms with E-state index in [1.54, 1.807) is 0 Å². The predicted octanol–water partition coefficient (Wildman–Crippen LogP) is 3.94. The van der Waals surface area contributed by atoms with Crippen LogP contribution in [0, 0.1) is 0 Å². The Morgan fingerprint density at radius 1 is 1.33 bits per heavy atom. The Bertz CT molecular complexity index is 650. The SMILES string of the molecule is FC(F)(F)c1cc(-c2noc([C@@H]3CCCN3)n2)ccc1Br. The zero-order valence-electron chi connectivity index (χ0n) is 10.7. The summed E-state index contributed by atoms with van der Waals surface area (Å²) >= 11 is 2.90. The third-order valence-electron chi connectivity index (χ3n) is 3.33. The molecule has 1 atom stereocenters. The number of hydrogen-bond acceptors (Lipinski definition) is 4. The average molecular weight is 362 g/mol. The third kappa shape index (κ3) is 2.96. The van der Waals surface area contributed by atoms with Crippen molar-refractivity contribution in [1.29, 1.82) is 0 Å². The summed E-state index contributed by atoms with van der Waals surface area (Å²) in [6.45, 7) is 0.874. The molecule has 0 radical (unpaired) electrons. The summed E-state index contributed by atoms with van der Waals surface area (Å²) in [4.78, 5) is 4.19. The van der Waals surface area contributed by atoms with Gasteiger partial charge in [-0.3, -0.25) is 0 Å². The van der Waals surface area contributed by atoms with Gasteiger partial charge in [-0.05, 0) is 37.6 Å². The second-order valence-corrected chi connectivity index (χ2v) is 5.65. The summed E-state index contributed by atoms with van der Waals surface area (Å²) in [7, 11) is 0. The summed E-state index contributed by atoms with van der Waals surface area (Å²) in [5.74, 6) is 0.579. The molecule has 1 aromatic carbocycles. The Morgan fingerprint density at radius 3 is 2.81 bits per heavy atom. The van der Waals surface area contributed by atoms with E-state index in [1.165, 1.54) is 12.1 Å². The number of alkyl halides is 3. The Hall–Kier alpha value is -1.41. The first-order valence-corrected chi connectivity index (χ1v) is 7.18. The Labute approximate surface area is 126 Å². The molecule has 1 saturated heterocycles. The summed E-state index contributed by atoms with van der Waals surface area (Å²) in [5.41, 5.74) is -0.483. The molecular weight excluding hydrogens is 351 g/mol. The van der Waals surface area contributed by atoms with E-state index in [-0.39, 0.29) is 21.9 Å². The Kier molecular flexibility index (Phi) is 3.75. The first kappa shape index (κ1) is 14.5. The normalized spacial score (nSPS) is 19.1. The summed E-state index contributed by atoms with van der Waals surface area (Å²) in [6, 6.07) is 3.86. The summed E-state index contributed by atoms with van der Waals surface area (Å²) in [6.07, 6.45) is -2.54. The standard InChI is InChI=1S/C13H11BrF3N3O/c14-9-4-3-7(6-8(9)13(15,16)17)11-19-12(21-20-11)10-2-1-5-18-10/h3-4,6,10,18H,1-2,5H2/t10-/m0/s1. The van der Waals surface area contributed by atoms with E-state index >= 15 is 0 Å². The number of nitrogens with zero attached hydrogens (tertiary/aromatic N) is 2. The van der Waals surface area contributed by atoms with E-state index in [9.17, 15) is 13.2 Å². The quantitative estimate of drug-likeness (QED) is 0.879. The maximum Gasteiger partial charge on any atom is 0.417 e. The van der Waals surface area contributed by atoms with Gasteiger partial charge in [0.15, 0.2) is 0 Å². The van der Waals surface area contributed by atoms with E-state index < -0.39 is 11.7 Å². The molecule has 1 aliphatic heterocycles. The van der Waals surface area contributed by atoms with Gasteiger partial charge in [-0.15, -0.1) is 0 Å². The van der Waals surface area contributed by atoms with Crippen LogP contribution in [0.2, 0.25) is 0 Å². The maximum atomic E-state index is 12.9. The van der Waals surface area contributed by atoms with Gasteiger partial charge < -0.3 is 9.84 Å². The lowest BCUT2D eigenvalue weighted by atomic mass is 10.1. The fourth-order valence-corrected chi connectivity index (χ4v) is 2.74.